The van der Waals surface area contributed by atoms with Crippen LogP contribution in [-0.4, -0.2) is 50.2 Å². The van der Waals surface area contributed by atoms with Crippen molar-refractivity contribution >= 4 is 23.2 Å². The maximum absolute atomic E-state index is 14.3. The summed E-state index contributed by atoms with van der Waals surface area (Å²) in [6, 6.07) is 3.73. The highest BCUT2D eigenvalue weighted by molar-refractivity contribution is 5.97. The Morgan fingerprint density at radius 1 is 1.46 bits per heavy atom. The highest BCUT2D eigenvalue weighted by Gasteiger charge is 2.22. The summed E-state index contributed by atoms with van der Waals surface area (Å²) in [4.78, 5) is 25.4. The van der Waals surface area contributed by atoms with Crippen molar-refractivity contribution in [2.24, 2.45) is 5.73 Å². The molecular formula is C16H23FN4O3. The molecule has 0 spiro atoms. The normalized spacial score (nSPS) is 16.4. The van der Waals surface area contributed by atoms with Gasteiger partial charge in [0, 0.05) is 24.8 Å². The third-order valence-corrected chi connectivity index (χ3v) is 3.59. The molecule has 0 radical (unpaired) electrons. The minimum Gasteiger partial charge on any atom is -0.370 e. The van der Waals surface area contributed by atoms with Gasteiger partial charge in [-0.25, -0.2) is 4.39 Å². The fourth-order valence-corrected chi connectivity index (χ4v) is 2.44. The summed E-state index contributed by atoms with van der Waals surface area (Å²) in [5, 5.41) is 5.53. The van der Waals surface area contributed by atoms with Crippen LogP contribution in [0.2, 0.25) is 0 Å². The molecule has 1 aromatic carbocycles. The van der Waals surface area contributed by atoms with Crippen molar-refractivity contribution in [2.75, 3.05) is 36.5 Å². The molecule has 1 aliphatic rings. The van der Waals surface area contributed by atoms with Crippen molar-refractivity contribution in [1.29, 1.82) is 0 Å². The summed E-state index contributed by atoms with van der Waals surface area (Å²) < 4.78 is 19.3. The average molecular weight is 338 g/mol. The first-order valence-electron chi connectivity index (χ1n) is 7.87. The van der Waals surface area contributed by atoms with Crippen molar-refractivity contribution < 1.29 is 18.7 Å². The van der Waals surface area contributed by atoms with Gasteiger partial charge in [0.2, 0.25) is 5.91 Å². The average Bonchev–Trinajstić information content (AvgIpc) is 2.54. The molecule has 2 amide bonds. The van der Waals surface area contributed by atoms with Crippen LogP contribution in [0.15, 0.2) is 18.2 Å². The summed E-state index contributed by atoms with van der Waals surface area (Å²) in [5.41, 5.74) is 6.07. The van der Waals surface area contributed by atoms with Gasteiger partial charge < -0.3 is 26.0 Å². The molecule has 1 aromatic rings. The molecule has 8 heteroatoms. The topological polar surface area (TPSA) is 96.7 Å². The Balaban J connectivity index is 2.09. The Morgan fingerprint density at radius 2 is 2.21 bits per heavy atom. The number of hydrogen-bond donors (Lipinski definition) is 3. The molecule has 0 aliphatic carbocycles. The van der Waals surface area contributed by atoms with Gasteiger partial charge >= 0.3 is 0 Å². The first kappa shape index (κ1) is 18.3. The van der Waals surface area contributed by atoms with Gasteiger partial charge in [-0.3, -0.25) is 9.59 Å². The zero-order valence-corrected chi connectivity index (χ0v) is 13.8. The van der Waals surface area contributed by atoms with E-state index in [9.17, 15) is 14.0 Å². The molecule has 0 aromatic heterocycles. The van der Waals surface area contributed by atoms with Gasteiger partial charge in [-0.1, -0.05) is 13.8 Å². The van der Waals surface area contributed by atoms with E-state index in [1.54, 1.807) is 6.07 Å². The molecule has 1 atom stereocenters. The number of benzene rings is 1. The summed E-state index contributed by atoms with van der Waals surface area (Å²) in [6.07, 6.45) is 0. The number of rotatable bonds is 6. The van der Waals surface area contributed by atoms with Crippen LogP contribution in [0, 0.1) is 5.82 Å². The SMILES string of the molecule is CC(C)N[C@@H](CN)C(=O)Nc1ccc(N2CCOCC2=O)cc1F. The van der Waals surface area contributed by atoms with E-state index in [0.29, 0.717) is 18.8 Å². The Labute approximate surface area is 140 Å². The van der Waals surface area contributed by atoms with Crippen LogP contribution >= 0.6 is 0 Å². The van der Waals surface area contributed by atoms with Gasteiger partial charge in [-0.15, -0.1) is 0 Å². The molecule has 2 rings (SSSR count). The van der Waals surface area contributed by atoms with E-state index in [4.69, 9.17) is 10.5 Å². The fraction of sp³-hybridized carbons (Fsp3) is 0.500. The fourth-order valence-electron chi connectivity index (χ4n) is 2.44. The number of carbonyl (C=O) groups is 2. The molecule has 0 bridgehead atoms. The minimum absolute atomic E-state index is 0.0147. The van der Waals surface area contributed by atoms with E-state index >= 15 is 0 Å². The summed E-state index contributed by atoms with van der Waals surface area (Å²) in [6.45, 7) is 4.66. The quantitative estimate of drug-likeness (QED) is 0.700. The van der Waals surface area contributed by atoms with E-state index in [1.807, 2.05) is 13.8 Å². The molecule has 1 aliphatic heterocycles. The number of nitrogens with one attached hydrogen (secondary N) is 2. The van der Waals surface area contributed by atoms with Gasteiger partial charge in [0.25, 0.3) is 5.91 Å². The number of hydrogen-bond acceptors (Lipinski definition) is 5. The van der Waals surface area contributed by atoms with E-state index in [2.05, 4.69) is 10.6 Å². The minimum atomic E-state index is -0.611. The largest absolute Gasteiger partial charge is 0.370 e. The molecule has 1 fully saturated rings. The smallest absolute Gasteiger partial charge is 0.253 e. The molecule has 1 saturated heterocycles. The van der Waals surface area contributed by atoms with Crippen LogP contribution in [0.3, 0.4) is 0 Å². The zero-order valence-electron chi connectivity index (χ0n) is 13.8. The predicted octanol–water partition coefficient (Wildman–Crippen LogP) is 0.453. The van der Waals surface area contributed by atoms with E-state index in [-0.39, 0.29) is 30.8 Å². The van der Waals surface area contributed by atoms with E-state index < -0.39 is 17.8 Å². The lowest BCUT2D eigenvalue weighted by Crippen LogP contribution is -2.48. The lowest BCUT2D eigenvalue weighted by atomic mass is 10.2. The predicted molar refractivity (Wildman–Crippen MR) is 89.3 cm³/mol. The van der Waals surface area contributed by atoms with Crippen LogP contribution in [0.4, 0.5) is 15.8 Å². The second-order valence-corrected chi connectivity index (χ2v) is 5.86. The van der Waals surface area contributed by atoms with Gasteiger partial charge in [-0.05, 0) is 18.2 Å². The zero-order chi connectivity index (χ0) is 17.7. The number of ether oxygens (including phenoxy) is 1. The number of halogens is 1. The van der Waals surface area contributed by atoms with Crippen LogP contribution in [-0.2, 0) is 14.3 Å². The molecule has 7 nitrogen and oxygen atoms in total. The van der Waals surface area contributed by atoms with Crippen LogP contribution in [0.25, 0.3) is 0 Å². The van der Waals surface area contributed by atoms with E-state index in [1.165, 1.54) is 17.0 Å². The van der Waals surface area contributed by atoms with Crippen LogP contribution in [0.1, 0.15) is 13.8 Å². The number of amides is 2. The van der Waals surface area contributed by atoms with Crippen molar-refractivity contribution in [3.63, 3.8) is 0 Å². The Morgan fingerprint density at radius 3 is 2.79 bits per heavy atom. The van der Waals surface area contributed by atoms with Gasteiger partial charge in [0.1, 0.15) is 12.4 Å². The van der Waals surface area contributed by atoms with Gasteiger partial charge in [-0.2, -0.15) is 0 Å². The highest BCUT2D eigenvalue weighted by atomic mass is 19.1. The lowest BCUT2D eigenvalue weighted by Gasteiger charge is -2.27. The van der Waals surface area contributed by atoms with Crippen molar-refractivity contribution in [3.8, 4) is 0 Å². The standard InChI is InChI=1S/C16H23FN4O3/c1-10(2)19-14(8-18)16(23)20-13-4-3-11(7-12(13)17)21-5-6-24-9-15(21)22/h3-4,7,10,14,19H,5-6,8-9,18H2,1-2H3,(H,20,23)/t14-/m0/s1. The second kappa shape index (κ2) is 8.18. The summed E-state index contributed by atoms with van der Waals surface area (Å²) in [7, 11) is 0. The Bertz CT molecular complexity index is 609. The summed E-state index contributed by atoms with van der Waals surface area (Å²) >= 11 is 0. The number of carbonyl (C=O) groups excluding carboxylic acids is 2. The molecular weight excluding hydrogens is 315 g/mol. The lowest BCUT2D eigenvalue weighted by molar-refractivity contribution is -0.125. The maximum atomic E-state index is 14.3. The third-order valence-electron chi connectivity index (χ3n) is 3.59. The first-order valence-corrected chi connectivity index (χ1v) is 7.87. The van der Waals surface area contributed by atoms with Crippen LogP contribution in [0.5, 0.6) is 0 Å². The molecule has 4 N–H and O–H groups in total. The molecule has 0 unspecified atom stereocenters. The highest BCUT2D eigenvalue weighted by Crippen LogP contribution is 2.23. The Kier molecular flexibility index (Phi) is 6.24. The van der Waals surface area contributed by atoms with E-state index in [0.717, 1.165) is 0 Å². The Hall–Kier alpha value is -2.03. The monoisotopic (exact) mass is 338 g/mol. The van der Waals surface area contributed by atoms with Crippen molar-refractivity contribution in [3.05, 3.63) is 24.0 Å². The number of nitrogens with two attached hydrogens (primary N) is 1. The van der Waals surface area contributed by atoms with Crippen LogP contribution < -0.4 is 21.3 Å². The van der Waals surface area contributed by atoms with Crippen molar-refractivity contribution in [2.45, 2.75) is 25.9 Å². The molecule has 132 valence electrons. The molecule has 24 heavy (non-hydrogen) atoms. The summed E-state index contributed by atoms with van der Waals surface area (Å²) in [5.74, 6) is -1.23. The van der Waals surface area contributed by atoms with Gasteiger partial charge in [0.05, 0.1) is 18.3 Å². The number of nitrogens with zero attached hydrogens (tertiary/aromatic N) is 1. The number of anilines is 2. The number of morpholine rings is 1. The third kappa shape index (κ3) is 4.50. The van der Waals surface area contributed by atoms with Crippen molar-refractivity contribution in [1.82, 2.24) is 5.32 Å². The second-order valence-electron chi connectivity index (χ2n) is 5.86. The first-order chi connectivity index (χ1) is 11.4. The molecule has 0 saturated carbocycles. The molecule has 1 heterocycles. The van der Waals surface area contributed by atoms with Gasteiger partial charge in [0.15, 0.2) is 0 Å². The maximum Gasteiger partial charge on any atom is 0.253 e.